The zero-order valence-corrected chi connectivity index (χ0v) is 12.0. The third-order valence-electron chi connectivity index (χ3n) is 3.64. The Morgan fingerprint density at radius 3 is 2.52 bits per heavy atom. The molecule has 0 spiro atoms. The summed E-state index contributed by atoms with van der Waals surface area (Å²) in [6.45, 7) is 1.96. The second kappa shape index (κ2) is 7.13. The highest BCUT2D eigenvalue weighted by molar-refractivity contribution is 5.49. The number of nitrogen functional groups attached to an aromatic ring is 1. The van der Waals surface area contributed by atoms with Crippen molar-refractivity contribution in [1.82, 2.24) is 4.90 Å². The number of likely N-dealkylation sites (tertiary alicyclic amines) is 1. The number of ether oxygens (including phenoxy) is 1. The minimum Gasteiger partial charge on any atom is -0.398 e. The molecule has 0 aliphatic carbocycles. The molecule has 0 aromatic heterocycles. The Morgan fingerprint density at radius 2 is 1.90 bits per heavy atom. The third-order valence-corrected chi connectivity index (χ3v) is 3.64. The van der Waals surface area contributed by atoms with Crippen molar-refractivity contribution in [3.63, 3.8) is 0 Å². The monoisotopic (exact) mass is 302 g/mol. The van der Waals surface area contributed by atoms with Crippen LogP contribution >= 0.6 is 0 Å². The van der Waals surface area contributed by atoms with Crippen LogP contribution in [-0.2, 0) is 17.8 Å². The second-order valence-corrected chi connectivity index (χ2v) is 5.44. The van der Waals surface area contributed by atoms with Crippen LogP contribution in [-0.4, -0.2) is 37.3 Å². The molecule has 1 heterocycles. The Morgan fingerprint density at radius 1 is 1.19 bits per heavy atom. The van der Waals surface area contributed by atoms with Crippen molar-refractivity contribution in [1.29, 1.82) is 0 Å². The summed E-state index contributed by atoms with van der Waals surface area (Å²) < 4.78 is 40.6. The van der Waals surface area contributed by atoms with E-state index in [1.807, 2.05) is 6.07 Å². The summed E-state index contributed by atoms with van der Waals surface area (Å²) in [5.41, 5.74) is 8.31. The molecule has 1 aromatic carbocycles. The largest absolute Gasteiger partial charge is 0.411 e. The zero-order valence-electron chi connectivity index (χ0n) is 12.0. The summed E-state index contributed by atoms with van der Waals surface area (Å²) in [5, 5.41) is 0. The van der Waals surface area contributed by atoms with Crippen LogP contribution in [0.5, 0.6) is 0 Å². The Hall–Kier alpha value is -1.27. The summed E-state index contributed by atoms with van der Waals surface area (Å²) in [7, 11) is 0. The summed E-state index contributed by atoms with van der Waals surface area (Å²) in [5.74, 6) is 0. The average molecular weight is 302 g/mol. The van der Waals surface area contributed by atoms with Gasteiger partial charge in [0.25, 0.3) is 0 Å². The lowest BCUT2D eigenvalue weighted by Crippen LogP contribution is -2.22. The van der Waals surface area contributed by atoms with Gasteiger partial charge >= 0.3 is 6.18 Å². The number of hydrogen-bond acceptors (Lipinski definition) is 3. The lowest BCUT2D eigenvalue weighted by molar-refractivity contribution is -0.176. The highest BCUT2D eigenvalue weighted by atomic mass is 19.4. The number of benzene rings is 1. The highest BCUT2D eigenvalue weighted by Gasteiger charge is 2.27. The molecular formula is C15H21F3N2O. The number of halogens is 3. The fourth-order valence-electron chi connectivity index (χ4n) is 2.53. The van der Waals surface area contributed by atoms with Crippen LogP contribution in [0.4, 0.5) is 18.9 Å². The minimum atomic E-state index is -4.29. The Kier molecular flexibility index (Phi) is 5.47. The van der Waals surface area contributed by atoms with Gasteiger partial charge in [-0.3, -0.25) is 0 Å². The van der Waals surface area contributed by atoms with Crippen LogP contribution in [0.3, 0.4) is 0 Å². The van der Waals surface area contributed by atoms with Crippen LogP contribution < -0.4 is 5.73 Å². The Labute approximate surface area is 122 Å². The van der Waals surface area contributed by atoms with Crippen molar-refractivity contribution in [3.05, 3.63) is 29.3 Å². The van der Waals surface area contributed by atoms with Crippen molar-refractivity contribution < 1.29 is 17.9 Å². The second-order valence-electron chi connectivity index (χ2n) is 5.44. The summed E-state index contributed by atoms with van der Waals surface area (Å²) >= 11 is 0. The maximum atomic E-state index is 12.0. The highest BCUT2D eigenvalue weighted by Crippen LogP contribution is 2.19. The molecule has 3 nitrogen and oxygen atoms in total. The first-order chi connectivity index (χ1) is 9.94. The van der Waals surface area contributed by atoms with Gasteiger partial charge in [-0.1, -0.05) is 12.1 Å². The van der Waals surface area contributed by atoms with Crippen LogP contribution in [0.2, 0.25) is 0 Å². The first-order valence-electron chi connectivity index (χ1n) is 7.18. The average Bonchev–Trinajstić information content (AvgIpc) is 2.89. The molecule has 0 unspecified atom stereocenters. The van der Waals surface area contributed by atoms with Gasteiger partial charge in [0.05, 0.1) is 6.61 Å². The van der Waals surface area contributed by atoms with E-state index in [-0.39, 0.29) is 6.61 Å². The van der Waals surface area contributed by atoms with Crippen molar-refractivity contribution >= 4 is 5.69 Å². The molecule has 1 saturated heterocycles. The predicted molar refractivity (Wildman–Crippen MR) is 75.9 cm³/mol. The lowest BCUT2D eigenvalue weighted by Gasteiger charge is -2.15. The van der Waals surface area contributed by atoms with Gasteiger partial charge in [0.15, 0.2) is 0 Å². The lowest BCUT2D eigenvalue weighted by atomic mass is 10.1. The first kappa shape index (κ1) is 16.1. The molecule has 0 radical (unpaired) electrons. The molecule has 2 rings (SSSR count). The Balaban J connectivity index is 1.82. The minimum absolute atomic E-state index is 0.0733. The maximum Gasteiger partial charge on any atom is 0.411 e. The van der Waals surface area contributed by atoms with Gasteiger partial charge in [-0.15, -0.1) is 0 Å². The van der Waals surface area contributed by atoms with E-state index in [0.29, 0.717) is 11.3 Å². The summed E-state index contributed by atoms with van der Waals surface area (Å²) in [4.78, 5) is 2.40. The standard InChI is InChI=1S/C15H21F3N2O/c16-15(17,18)11-21-10-12-3-4-13(14(19)9-12)5-8-20-6-1-2-7-20/h3-4,9H,1-2,5-8,10-11,19H2. The molecule has 21 heavy (non-hydrogen) atoms. The molecule has 6 heteroatoms. The van der Waals surface area contributed by atoms with Gasteiger partial charge in [0.2, 0.25) is 0 Å². The van der Waals surface area contributed by atoms with Crippen LogP contribution in [0.15, 0.2) is 18.2 Å². The predicted octanol–water partition coefficient (Wildman–Crippen LogP) is 2.99. The van der Waals surface area contributed by atoms with E-state index in [9.17, 15) is 13.2 Å². The molecule has 0 amide bonds. The number of anilines is 1. The molecule has 118 valence electrons. The fraction of sp³-hybridized carbons (Fsp3) is 0.600. The normalized spacial score (nSPS) is 16.5. The van der Waals surface area contributed by atoms with E-state index in [1.54, 1.807) is 12.1 Å². The third kappa shape index (κ3) is 5.55. The number of nitrogens with two attached hydrogens (primary N) is 1. The molecule has 2 N–H and O–H groups in total. The SMILES string of the molecule is Nc1cc(COCC(F)(F)F)ccc1CCN1CCCC1. The van der Waals surface area contributed by atoms with Crippen molar-refractivity contribution in [2.75, 3.05) is 32.0 Å². The van der Waals surface area contributed by atoms with Gasteiger partial charge in [0, 0.05) is 12.2 Å². The van der Waals surface area contributed by atoms with Crippen molar-refractivity contribution in [2.24, 2.45) is 0 Å². The first-order valence-corrected chi connectivity index (χ1v) is 7.18. The Bertz CT molecular complexity index is 457. The smallest absolute Gasteiger partial charge is 0.398 e. The fourth-order valence-corrected chi connectivity index (χ4v) is 2.53. The summed E-state index contributed by atoms with van der Waals surface area (Å²) in [6.07, 6.45) is -0.910. The molecule has 1 aromatic rings. The van der Waals surface area contributed by atoms with E-state index in [2.05, 4.69) is 9.64 Å². The molecule has 1 aliphatic heterocycles. The van der Waals surface area contributed by atoms with Gasteiger partial charge in [0.1, 0.15) is 6.61 Å². The van der Waals surface area contributed by atoms with E-state index in [1.165, 1.54) is 12.8 Å². The van der Waals surface area contributed by atoms with Crippen molar-refractivity contribution in [3.8, 4) is 0 Å². The maximum absolute atomic E-state index is 12.0. The van der Waals surface area contributed by atoms with E-state index in [4.69, 9.17) is 5.73 Å². The molecule has 1 aliphatic rings. The van der Waals surface area contributed by atoms with E-state index < -0.39 is 12.8 Å². The van der Waals surface area contributed by atoms with E-state index in [0.717, 1.165) is 31.6 Å². The molecule has 1 fully saturated rings. The quantitative estimate of drug-likeness (QED) is 0.821. The van der Waals surface area contributed by atoms with Crippen molar-refractivity contribution in [2.45, 2.75) is 32.0 Å². The number of hydrogen-bond donors (Lipinski definition) is 1. The van der Waals surface area contributed by atoms with E-state index >= 15 is 0 Å². The zero-order chi connectivity index (χ0) is 15.3. The van der Waals surface area contributed by atoms with Gasteiger partial charge in [-0.05, 0) is 49.5 Å². The topological polar surface area (TPSA) is 38.5 Å². The summed E-state index contributed by atoms with van der Waals surface area (Å²) in [6, 6.07) is 5.37. The number of alkyl halides is 3. The van der Waals surface area contributed by atoms with Crippen LogP contribution in [0.1, 0.15) is 24.0 Å². The number of nitrogens with zero attached hydrogens (tertiary/aromatic N) is 1. The van der Waals surface area contributed by atoms with Gasteiger partial charge < -0.3 is 15.4 Å². The number of rotatable bonds is 6. The molecule has 0 bridgehead atoms. The van der Waals surface area contributed by atoms with Gasteiger partial charge in [-0.2, -0.15) is 13.2 Å². The van der Waals surface area contributed by atoms with Crippen LogP contribution in [0.25, 0.3) is 0 Å². The molecular weight excluding hydrogens is 281 g/mol. The molecule has 0 saturated carbocycles. The van der Waals surface area contributed by atoms with Crippen LogP contribution in [0, 0.1) is 0 Å². The molecule has 0 atom stereocenters. The van der Waals surface area contributed by atoms with Gasteiger partial charge in [-0.25, -0.2) is 0 Å².